The average molecular weight is 284 g/mol. The van der Waals surface area contributed by atoms with Crippen LogP contribution in [0.15, 0.2) is 36.2 Å². The van der Waals surface area contributed by atoms with Crippen LogP contribution in [0.2, 0.25) is 0 Å². The normalized spacial score (nSPS) is 10.2. The summed E-state index contributed by atoms with van der Waals surface area (Å²) in [6, 6.07) is 3.75. The van der Waals surface area contributed by atoms with Crippen molar-refractivity contribution in [2.24, 2.45) is 5.11 Å². The molecule has 0 spiro atoms. The fraction of sp³-hybridized carbons (Fsp3) is 0.267. The number of hydrogen-bond donors (Lipinski definition) is 0. The van der Waals surface area contributed by atoms with Gasteiger partial charge in [-0.2, -0.15) is 0 Å². The predicted octanol–water partition coefficient (Wildman–Crippen LogP) is 3.96. The number of carbonyl (C=O) groups excluding carboxylic acids is 1. The van der Waals surface area contributed by atoms with Gasteiger partial charge in [0.1, 0.15) is 0 Å². The van der Waals surface area contributed by atoms with Gasteiger partial charge in [0.25, 0.3) is 0 Å². The van der Waals surface area contributed by atoms with Gasteiger partial charge in [-0.25, -0.2) is 4.79 Å². The minimum atomic E-state index is -0.365. The standard InChI is InChI=1S/C15H16N4O2/c1-4-21-15(20)12-9-19-8-11(7-17-18-16)5-6-13(19)14(12)10(2)3/h5-6,8-9H,2,4,7H2,1,3H3. The van der Waals surface area contributed by atoms with Crippen molar-refractivity contribution in [2.45, 2.75) is 20.4 Å². The van der Waals surface area contributed by atoms with E-state index in [1.54, 1.807) is 13.1 Å². The average Bonchev–Trinajstić information content (AvgIpc) is 2.84. The van der Waals surface area contributed by atoms with Gasteiger partial charge in [0.2, 0.25) is 0 Å². The fourth-order valence-corrected chi connectivity index (χ4v) is 2.24. The second-order valence-corrected chi connectivity index (χ2v) is 4.64. The lowest BCUT2D eigenvalue weighted by molar-refractivity contribution is 0.0526. The molecular formula is C15H16N4O2. The Kier molecular flexibility index (Phi) is 4.30. The van der Waals surface area contributed by atoms with Gasteiger partial charge < -0.3 is 9.14 Å². The molecule has 2 aromatic rings. The molecule has 0 atom stereocenters. The lowest BCUT2D eigenvalue weighted by Crippen LogP contribution is -2.05. The number of esters is 1. The zero-order chi connectivity index (χ0) is 15.4. The Morgan fingerprint density at radius 3 is 2.86 bits per heavy atom. The summed E-state index contributed by atoms with van der Waals surface area (Å²) in [5.41, 5.74) is 12.2. The summed E-state index contributed by atoms with van der Waals surface area (Å²) in [5, 5.41) is 3.54. The number of aromatic nitrogens is 1. The molecule has 0 aromatic carbocycles. The van der Waals surface area contributed by atoms with E-state index in [1.807, 2.05) is 29.7 Å². The molecule has 0 amide bonds. The van der Waals surface area contributed by atoms with E-state index in [1.165, 1.54) is 0 Å². The molecule has 6 nitrogen and oxygen atoms in total. The Bertz CT molecular complexity index is 754. The van der Waals surface area contributed by atoms with Crippen LogP contribution in [-0.4, -0.2) is 17.0 Å². The lowest BCUT2D eigenvalue weighted by atomic mass is 10.1. The topological polar surface area (TPSA) is 79.5 Å². The molecular weight excluding hydrogens is 268 g/mol. The zero-order valence-electron chi connectivity index (χ0n) is 12.0. The highest BCUT2D eigenvalue weighted by Crippen LogP contribution is 2.26. The molecule has 2 rings (SSSR count). The van der Waals surface area contributed by atoms with Gasteiger partial charge >= 0.3 is 5.97 Å². The zero-order valence-corrected chi connectivity index (χ0v) is 12.0. The van der Waals surface area contributed by atoms with Crippen LogP contribution in [0.5, 0.6) is 0 Å². The molecule has 2 heterocycles. The SMILES string of the molecule is C=C(C)c1c(C(=O)OCC)cn2cc(CN=[N+]=[N-])ccc12. The molecule has 6 heteroatoms. The summed E-state index contributed by atoms with van der Waals surface area (Å²) in [5.74, 6) is -0.365. The summed E-state index contributed by atoms with van der Waals surface area (Å²) in [6.07, 6.45) is 3.55. The maximum atomic E-state index is 12.1. The van der Waals surface area contributed by atoms with Crippen molar-refractivity contribution in [3.05, 3.63) is 58.2 Å². The summed E-state index contributed by atoms with van der Waals surface area (Å²) in [4.78, 5) is 14.8. The van der Waals surface area contributed by atoms with Crippen molar-refractivity contribution in [3.63, 3.8) is 0 Å². The molecule has 2 aromatic heterocycles. The third kappa shape index (κ3) is 2.90. The molecule has 0 bridgehead atoms. The number of ether oxygens (including phenoxy) is 1. The highest BCUT2D eigenvalue weighted by atomic mass is 16.5. The quantitative estimate of drug-likeness (QED) is 0.360. The molecule has 21 heavy (non-hydrogen) atoms. The summed E-state index contributed by atoms with van der Waals surface area (Å²) in [7, 11) is 0. The van der Waals surface area contributed by atoms with Crippen molar-refractivity contribution in [3.8, 4) is 0 Å². The van der Waals surface area contributed by atoms with Crippen LogP contribution in [0.1, 0.15) is 35.3 Å². The van der Waals surface area contributed by atoms with Gasteiger partial charge in [-0.15, -0.1) is 0 Å². The third-order valence-electron chi connectivity index (χ3n) is 3.07. The molecule has 0 radical (unpaired) electrons. The van der Waals surface area contributed by atoms with Crippen LogP contribution in [0.25, 0.3) is 21.5 Å². The predicted molar refractivity (Wildman–Crippen MR) is 80.9 cm³/mol. The maximum Gasteiger partial charge on any atom is 0.340 e. The fourth-order valence-electron chi connectivity index (χ4n) is 2.24. The van der Waals surface area contributed by atoms with Crippen LogP contribution >= 0.6 is 0 Å². The summed E-state index contributed by atoms with van der Waals surface area (Å²) in [6.45, 7) is 8.15. The first-order valence-electron chi connectivity index (χ1n) is 6.56. The van der Waals surface area contributed by atoms with Gasteiger partial charge in [0, 0.05) is 22.9 Å². The Morgan fingerprint density at radius 1 is 1.48 bits per heavy atom. The van der Waals surface area contributed by atoms with Crippen molar-refractivity contribution in [1.29, 1.82) is 0 Å². The number of carbonyl (C=O) groups is 1. The van der Waals surface area contributed by atoms with E-state index in [-0.39, 0.29) is 12.5 Å². The number of rotatable bonds is 5. The van der Waals surface area contributed by atoms with E-state index in [0.717, 1.165) is 22.2 Å². The summed E-state index contributed by atoms with van der Waals surface area (Å²) >= 11 is 0. The number of azide groups is 1. The molecule has 0 saturated carbocycles. The summed E-state index contributed by atoms with van der Waals surface area (Å²) < 4.78 is 6.92. The number of nitrogens with zero attached hydrogens (tertiary/aromatic N) is 4. The van der Waals surface area contributed by atoms with Gasteiger partial charge in [0.05, 0.1) is 24.2 Å². The van der Waals surface area contributed by atoms with Crippen molar-refractivity contribution < 1.29 is 9.53 Å². The van der Waals surface area contributed by atoms with Gasteiger partial charge in [-0.1, -0.05) is 17.8 Å². The van der Waals surface area contributed by atoms with E-state index >= 15 is 0 Å². The molecule has 0 fully saturated rings. The highest BCUT2D eigenvalue weighted by molar-refractivity contribution is 5.99. The monoisotopic (exact) mass is 284 g/mol. The van der Waals surface area contributed by atoms with Crippen LogP contribution < -0.4 is 0 Å². The van der Waals surface area contributed by atoms with Crippen LogP contribution in [0, 0.1) is 0 Å². The molecule has 0 N–H and O–H groups in total. The van der Waals surface area contributed by atoms with Crippen LogP contribution in [-0.2, 0) is 11.3 Å². The Balaban J connectivity index is 2.58. The number of allylic oxidation sites excluding steroid dienone is 1. The van der Waals surface area contributed by atoms with E-state index in [2.05, 4.69) is 16.6 Å². The minimum absolute atomic E-state index is 0.266. The Hall–Kier alpha value is -2.72. The third-order valence-corrected chi connectivity index (χ3v) is 3.07. The molecule has 0 aliphatic heterocycles. The Labute approximate surface area is 122 Å². The van der Waals surface area contributed by atoms with Gasteiger partial charge in [-0.05, 0) is 36.6 Å². The molecule has 108 valence electrons. The minimum Gasteiger partial charge on any atom is -0.462 e. The molecule has 0 aliphatic rings. The van der Waals surface area contributed by atoms with E-state index in [4.69, 9.17) is 10.3 Å². The molecule has 0 aliphatic carbocycles. The van der Waals surface area contributed by atoms with E-state index in [9.17, 15) is 4.79 Å². The number of fused-ring (bicyclic) bond motifs is 1. The number of pyridine rings is 1. The first-order valence-corrected chi connectivity index (χ1v) is 6.56. The first-order chi connectivity index (χ1) is 10.1. The molecule has 0 saturated heterocycles. The smallest absolute Gasteiger partial charge is 0.340 e. The number of hydrogen-bond acceptors (Lipinski definition) is 3. The van der Waals surface area contributed by atoms with E-state index < -0.39 is 0 Å². The largest absolute Gasteiger partial charge is 0.462 e. The van der Waals surface area contributed by atoms with Crippen molar-refractivity contribution in [1.82, 2.24) is 4.40 Å². The maximum absolute atomic E-state index is 12.1. The highest BCUT2D eigenvalue weighted by Gasteiger charge is 2.18. The molecule has 0 unspecified atom stereocenters. The van der Waals surface area contributed by atoms with Gasteiger partial charge in [0.15, 0.2) is 0 Å². The van der Waals surface area contributed by atoms with Crippen LogP contribution in [0.3, 0.4) is 0 Å². The Morgan fingerprint density at radius 2 is 2.24 bits per heavy atom. The second-order valence-electron chi connectivity index (χ2n) is 4.64. The van der Waals surface area contributed by atoms with Crippen LogP contribution in [0.4, 0.5) is 0 Å². The van der Waals surface area contributed by atoms with Crippen molar-refractivity contribution >= 4 is 17.1 Å². The second kappa shape index (κ2) is 6.15. The van der Waals surface area contributed by atoms with E-state index in [0.29, 0.717) is 12.2 Å². The van der Waals surface area contributed by atoms with Crippen molar-refractivity contribution in [2.75, 3.05) is 6.61 Å². The lowest BCUT2D eigenvalue weighted by Gasteiger charge is -2.04. The first kappa shape index (κ1) is 14.7. The van der Waals surface area contributed by atoms with Gasteiger partial charge in [-0.3, -0.25) is 0 Å².